The predicted octanol–water partition coefficient (Wildman–Crippen LogP) is 2.34. The molecule has 6 heteroatoms. The van der Waals surface area contributed by atoms with Crippen LogP contribution in [0.3, 0.4) is 0 Å². The van der Waals surface area contributed by atoms with Crippen molar-refractivity contribution in [2.45, 2.75) is 64.1 Å². The fourth-order valence-electron chi connectivity index (χ4n) is 3.67. The molecule has 0 amide bonds. The van der Waals surface area contributed by atoms with Gasteiger partial charge in [-0.3, -0.25) is 4.99 Å². The predicted molar refractivity (Wildman–Crippen MR) is 108 cm³/mol. The van der Waals surface area contributed by atoms with Crippen LogP contribution in [0, 0.1) is 0 Å². The smallest absolute Gasteiger partial charge is 0.194 e. The van der Waals surface area contributed by atoms with Gasteiger partial charge >= 0.3 is 0 Å². The zero-order chi connectivity index (χ0) is 18.6. The molecule has 2 aliphatic heterocycles. The summed E-state index contributed by atoms with van der Waals surface area (Å²) in [5.74, 6) is 1.05. The molecule has 26 heavy (non-hydrogen) atoms. The summed E-state index contributed by atoms with van der Waals surface area (Å²) in [5, 5.41) is 3.46. The van der Waals surface area contributed by atoms with Gasteiger partial charge < -0.3 is 24.6 Å². The molecule has 2 rings (SSSR count). The van der Waals surface area contributed by atoms with Crippen LogP contribution in [0.15, 0.2) is 4.99 Å². The Kier molecular flexibility index (Phi) is 10.3. The number of nitrogens with zero attached hydrogens (tertiary/aromatic N) is 3. The van der Waals surface area contributed by atoms with E-state index in [-0.39, 0.29) is 12.2 Å². The lowest BCUT2D eigenvalue weighted by atomic mass is 10.1. The average Bonchev–Trinajstić information content (AvgIpc) is 3.17. The van der Waals surface area contributed by atoms with Crippen LogP contribution in [0.2, 0.25) is 0 Å². The van der Waals surface area contributed by atoms with Crippen molar-refractivity contribution in [2.24, 2.45) is 4.99 Å². The monoisotopic (exact) mass is 368 g/mol. The number of aliphatic imine (C=N–C) groups is 1. The SMILES string of the molecule is CCNC(=NCCCCCCCN(C)C)N1CCOC(C2CCCO2)C1. The number of unbranched alkanes of at least 4 members (excludes halogenated alkanes) is 4. The number of guanidine groups is 1. The first kappa shape index (κ1) is 21.5. The second-order valence-corrected chi connectivity index (χ2v) is 7.71. The molecule has 2 unspecified atom stereocenters. The summed E-state index contributed by atoms with van der Waals surface area (Å²) in [6.45, 7) is 8.61. The number of rotatable bonds is 10. The van der Waals surface area contributed by atoms with Crippen LogP contribution in [0.5, 0.6) is 0 Å². The molecule has 0 spiro atoms. The van der Waals surface area contributed by atoms with E-state index >= 15 is 0 Å². The molecule has 0 saturated carbocycles. The van der Waals surface area contributed by atoms with Gasteiger partial charge in [-0.1, -0.05) is 19.3 Å². The van der Waals surface area contributed by atoms with Crippen molar-refractivity contribution in [2.75, 3.05) is 60.0 Å². The molecular weight excluding hydrogens is 328 g/mol. The molecule has 0 aliphatic carbocycles. The summed E-state index contributed by atoms with van der Waals surface area (Å²) in [7, 11) is 4.29. The summed E-state index contributed by atoms with van der Waals surface area (Å²) in [5.41, 5.74) is 0. The summed E-state index contributed by atoms with van der Waals surface area (Å²) in [6.07, 6.45) is 9.14. The minimum absolute atomic E-state index is 0.187. The minimum Gasteiger partial charge on any atom is -0.375 e. The standard InChI is InChI=1S/C20H40N4O2/c1-4-21-20(22-12-8-6-5-7-9-13-23(2)3)24-14-16-26-19(17-24)18-11-10-15-25-18/h18-19H,4-17H2,1-3H3,(H,21,22). The highest BCUT2D eigenvalue weighted by molar-refractivity contribution is 5.80. The second-order valence-electron chi connectivity index (χ2n) is 7.71. The van der Waals surface area contributed by atoms with E-state index in [4.69, 9.17) is 14.5 Å². The molecule has 1 N–H and O–H groups in total. The summed E-state index contributed by atoms with van der Waals surface area (Å²) >= 11 is 0. The quantitative estimate of drug-likeness (QED) is 0.364. The second kappa shape index (κ2) is 12.5. The normalized spacial score (nSPS) is 24.5. The van der Waals surface area contributed by atoms with Crippen molar-refractivity contribution in [3.05, 3.63) is 0 Å². The first-order valence-electron chi connectivity index (χ1n) is 10.6. The summed E-state index contributed by atoms with van der Waals surface area (Å²) in [6, 6.07) is 0. The van der Waals surface area contributed by atoms with Crippen LogP contribution in [-0.4, -0.2) is 88.0 Å². The summed E-state index contributed by atoms with van der Waals surface area (Å²) in [4.78, 5) is 9.49. The average molecular weight is 369 g/mol. The molecule has 2 atom stereocenters. The summed E-state index contributed by atoms with van der Waals surface area (Å²) < 4.78 is 11.8. The van der Waals surface area contributed by atoms with Gasteiger partial charge in [-0.2, -0.15) is 0 Å². The maximum Gasteiger partial charge on any atom is 0.194 e. The van der Waals surface area contributed by atoms with Crippen molar-refractivity contribution in [3.63, 3.8) is 0 Å². The van der Waals surface area contributed by atoms with Gasteiger partial charge in [0.1, 0.15) is 6.10 Å². The number of morpholine rings is 1. The highest BCUT2D eigenvalue weighted by Gasteiger charge is 2.32. The van der Waals surface area contributed by atoms with Crippen molar-refractivity contribution < 1.29 is 9.47 Å². The van der Waals surface area contributed by atoms with E-state index in [9.17, 15) is 0 Å². The van der Waals surface area contributed by atoms with Crippen LogP contribution in [0.1, 0.15) is 51.9 Å². The van der Waals surface area contributed by atoms with Gasteiger partial charge in [-0.25, -0.2) is 0 Å². The van der Waals surface area contributed by atoms with Crippen LogP contribution < -0.4 is 5.32 Å². The number of hydrogen-bond acceptors (Lipinski definition) is 4. The Bertz CT molecular complexity index is 397. The van der Waals surface area contributed by atoms with Gasteiger partial charge in [-0.15, -0.1) is 0 Å². The Morgan fingerprint density at radius 1 is 1.08 bits per heavy atom. The molecule has 0 radical (unpaired) electrons. The maximum absolute atomic E-state index is 5.96. The maximum atomic E-state index is 5.96. The largest absolute Gasteiger partial charge is 0.375 e. The van der Waals surface area contributed by atoms with Crippen LogP contribution >= 0.6 is 0 Å². The van der Waals surface area contributed by atoms with Gasteiger partial charge in [0.15, 0.2) is 5.96 Å². The number of ether oxygens (including phenoxy) is 2. The van der Waals surface area contributed by atoms with E-state index in [1.165, 1.54) is 38.6 Å². The Morgan fingerprint density at radius 3 is 2.58 bits per heavy atom. The van der Waals surface area contributed by atoms with E-state index in [0.717, 1.165) is 58.2 Å². The highest BCUT2D eigenvalue weighted by Crippen LogP contribution is 2.21. The van der Waals surface area contributed by atoms with E-state index in [2.05, 4.69) is 36.1 Å². The third-order valence-corrected chi connectivity index (χ3v) is 5.13. The third-order valence-electron chi connectivity index (χ3n) is 5.13. The molecule has 6 nitrogen and oxygen atoms in total. The van der Waals surface area contributed by atoms with E-state index in [1.807, 2.05) is 0 Å². The topological polar surface area (TPSA) is 49.3 Å². The molecule has 2 saturated heterocycles. The van der Waals surface area contributed by atoms with E-state index < -0.39 is 0 Å². The minimum atomic E-state index is 0.187. The molecular formula is C20H40N4O2. The number of nitrogens with one attached hydrogen (secondary N) is 1. The van der Waals surface area contributed by atoms with Crippen LogP contribution in [-0.2, 0) is 9.47 Å². The van der Waals surface area contributed by atoms with Gasteiger partial charge in [0, 0.05) is 32.8 Å². The molecule has 2 fully saturated rings. The molecule has 2 heterocycles. The van der Waals surface area contributed by atoms with Crippen molar-refractivity contribution in [1.29, 1.82) is 0 Å². The van der Waals surface area contributed by atoms with E-state index in [0.29, 0.717) is 0 Å². The van der Waals surface area contributed by atoms with Crippen molar-refractivity contribution in [3.8, 4) is 0 Å². The zero-order valence-corrected chi connectivity index (χ0v) is 17.2. The van der Waals surface area contributed by atoms with Gasteiger partial charge in [0.2, 0.25) is 0 Å². The first-order chi connectivity index (χ1) is 12.7. The van der Waals surface area contributed by atoms with Gasteiger partial charge in [-0.05, 0) is 53.2 Å². The first-order valence-corrected chi connectivity index (χ1v) is 10.6. The Labute approximate surface area is 160 Å². The van der Waals surface area contributed by atoms with Crippen molar-refractivity contribution >= 4 is 5.96 Å². The van der Waals surface area contributed by atoms with E-state index in [1.54, 1.807) is 0 Å². The molecule has 0 aromatic heterocycles. The van der Waals surface area contributed by atoms with Gasteiger partial charge in [0.25, 0.3) is 0 Å². The molecule has 152 valence electrons. The molecule has 0 bridgehead atoms. The number of hydrogen-bond donors (Lipinski definition) is 1. The van der Waals surface area contributed by atoms with Crippen LogP contribution in [0.25, 0.3) is 0 Å². The third kappa shape index (κ3) is 7.80. The Hall–Kier alpha value is -0.850. The lowest BCUT2D eigenvalue weighted by Gasteiger charge is -2.37. The lowest BCUT2D eigenvalue weighted by molar-refractivity contribution is -0.0817. The lowest BCUT2D eigenvalue weighted by Crippen LogP contribution is -2.53. The molecule has 0 aromatic carbocycles. The highest BCUT2D eigenvalue weighted by atomic mass is 16.5. The van der Waals surface area contributed by atoms with Crippen LogP contribution in [0.4, 0.5) is 0 Å². The fraction of sp³-hybridized carbons (Fsp3) is 0.950. The molecule has 0 aromatic rings. The fourth-order valence-corrected chi connectivity index (χ4v) is 3.67. The zero-order valence-electron chi connectivity index (χ0n) is 17.2. The Balaban J connectivity index is 1.69. The Morgan fingerprint density at radius 2 is 1.85 bits per heavy atom. The van der Waals surface area contributed by atoms with Gasteiger partial charge in [0.05, 0.1) is 12.7 Å². The molecule has 2 aliphatic rings. The van der Waals surface area contributed by atoms with Crippen molar-refractivity contribution in [1.82, 2.24) is 15.1 Å².